The highest BCUT2D eigenvalue weighted by atomic mass is 19.4. The van der Waals surface area contributed by atoms with Crippen LogP contribution in [0.4, 0.5) is 26.3 Å². The van der Waals surface area contributed by atoms with Crippen LogP contribution in [0.5, 0.6) is 0 Å². The van der Waals surface area contributed by atoms with Gasteiger partial charge in [-0.25, -0.2) is 0 Å². The van der Waals surface area contributed by atoms with Crippen molar-refractivity contribution in [3.63, 3.8) is 0 Å². The molecule has 0 aromatic heterocycles. The molecule has 1 N–H and O–H groups in total. The predicted octanol–water partition coefficient (Wildman–Crippen LogP) is 5.82. The second-order valence-corrected chi connectivity index (χ2v) is 8.50. The third kappa shape index (κ3) is 3.42. The fraction of sp³-hybridized carbons (Fsp3) is 1.00. The van der Waals surface area contributed by atoms with E-state index in [9.17, 15) is 31.4 Å². The van der Waals surface area contributed by atoms with Crippen LogP contribution in [0, 0.1) is 41.4 Å². The maximum atomic E-state index is 13.0. The van der Waals surface area contributed by atoms with Crippen molar-refractivity contribution in [2.45, 2.75) is 71.3 Å². The largest absolute Gasteiger partial charge is 0.426 e. The third-order valence-corrected chi connectivity index (χ3v) is 6.84. The maximum Gasteiger partial charge on any atom is 0.426 e. The lowest BCUT2D eigenvalue weighted by Crippen LogP contribution is -2.58. The first-order chi connectivity index (χ1) is 11.2. The third-order valence-electron chi connectivity index (χ3n) is 6.84. The quantitative estimate of drug-likeness (QED) is 0.601. The highest BCUT2D eigenvalue weighted by Crippen LogP contribution is 2.62. The fourth-order valence-corrected chi connectivity index (χ4v) is 5.65. The van der Waals surface area contributed by atoms with Gasteiger partial charge in [-0.1, -0.05) is 34.1 Å². The first-order valence-electron chi connectivity index (χ1n) is 9.10. The van der Waals surface area contributed by atoms with Gasteiger partial charge in [-0.15, -0.1) is 0 Å². The second kappa shape index (κ2) is 6.61. The average Bonchev–Trinajstić information content (AvgIpc) is 3.01. The van der Waals surface area contributed by atoms with Crippen molar-refractivity contribution in [1.29, 1.82) is 0 Å². The van der Waals surface area contributed by atoms with Gasteiger partial charge in [-0.2, -0.15) is 26.3 Å². The number of hydrogen-bond donors (Lipinski definition) is 1. The van der Waals surface area contributed by atoms with Crippen molar-refractivity contribution in [3.05, 3.63) is 0 Å². The molecule has 6 atom stereocenters. The van der Waals surface area contributed by atoms with Gasteiger partial charge in [0.1, 0.15) is 0 Å². The molecular weight excluding hydrogens is 346 g/mol. The Kier molecular flexibility index (Phi) is 5.51. The van der Waals surface area contributed by atoms with E-state index in [1.807, 2.05) is 13.8 Å². The Morgan fingerprint density at radius 1 is 0.920 bits per heavy atom. The molecule has 25 heavy (non-hydrogen) atoms. The Labute approximate surface area is 145 Å². The number of fused-ring (bicyclic) bond motifs is 2. The van der Waals surface area contributed by atoms with Crippen LogP contribution >= 0.6 is 0 Å². The molecule has 0 aromatic carbocycles. The molecule has 0 radical (unpaired) electrons. The van der Waals surface area contributed by atoms with E-state index in [0.29, 0.717) is 24.7 Å². The van der Waals surface area contributed by atoms with Gasteiger partial charge in [0, 0.05) is 0 Å². The predicted molar refractivity (Wildman–Crippen MR) is 82.7 cm³/mol. The zero-order chi connectivity index (χ0) is 19.4. The molecular formula is C18H28F6O. The number of halogens is 6. The summed E-state index contributed by atoms with van der Waals surface area (Å²) >= 11 is 0. The summed E-state index contributed by atoms with van der Waals surface area (Å²) in [5.41, 5.74) is -4.61. The number of aliphatic hydroxyl groups is 1. The van der Waals surface area contributed by atoms with Crippen LogP contribution in [0.2, 0.25) is 0 Å². The molecule has 0 saturated heterocycles. The summed E-state index contributed by atoms with van der Waals surface area (Å²) in [5, 5.41) is 9.57. The summed E-state index contributed by atoms with van der Waals surface area (Å²) in [6, 6.07) is 0. The van der Waals surface area contributed by atoms with E-state index in [4.69, 9.17) is 0 Å². The van der Waals surface area contributed by atoms with Gasteiger partial charge in [0.05, 0.1) is 0 Å². The molecule has 0 aliphatic heterocycles. The smallest absolute Gasteiger partial charge is 0.374 e. The molecule has 0 amide bonds. The van der Waals surface area contributed by atoms with Gasteiger partial charge in [-0.3, -0.25) is 0 Å². The van der Waals surface area contributed by atoms with Crippen molar-refractivity contribution < 1.29 is 31.4 Å². The molecule has 2 aliphatic rings. The molecule has 2 bridgehead atoms. The lowest BCUT2D eigenvalue weighted by Gasteiger charge is -2.43. The Balaban J connectivity index is 2.26. The topological polar surface area (TPSA) is 20.2 Å². The molecule has 2 fully saturated rings. The molecule has 0 heterocycles. The minimum atomic E-state index is -5.71. The van der Waals surface area contributed by atoms with Crippen molar-refractivity contribution in [2.75, 3.05) is 0 Å². The molecule has 2 rings (SSSR count). The van der Waals surface area contributed by atoms with Crippen LogP contribution in [-0.2, 0) is 0 Å². The first-order valence-corrected chi connectivity index (χ1v) is 9.10. The SMILES string of the molecule is CCC(C)C1C2CC(CC(O)(C(F)(F)F)C(F)(F)F)C(C2)C1C(C)C. The number of hydrogen-bond acceptors (Lipinski definition) is 1. The summed E-state index contributed by atoms with van der Waals surface area (Å²) in [4.78, 5) is 0. The van der Waals surface area contributed by atoms with Gasteiger partial charge >= 0.3 is 12.4 Å². The Morgan fingerprint density at radius 2 is 1.44 bits per heavy atom. The molecule has 6 unspecified atom stereocenters. The van der Waals surface area contributed by atoms with Gasteiger partial charge in [0.2, 0.25) is 0 Å². The normalized spacial score (nSPS) is 34.8. The van der Waals surface area contributed by atoms with Crippen LogP contribution in [0.15, 0.2) is 0 Å². The van der Waals surface area contributed by atoms with Crippen molar-refractivity contribution in [1.82, 2.24) is 0 Å². The molecule has 0 aromatic rings. The highest BCUT2D eigenvalue weighted by Gasteiger charge is 2.71. The van der Waals surface area contributed by atoms with E-state index >= 15 is 0 Å². The van der Waals surface area contributed by atoms with E-state index in [2.05, 4.69) is 13.8 Å². The second-order valence-electron chi connectivity index (χ2n) is 8.50. The van der Waals surface area contributed by atoms with E-state index in [0.717, 1.165) is 6.42 Å². The molecule has 148 valence electrons. The van der Waals surface area contributed by atoms with Crippen molar-refractivity contribution >= 4 is 0 Å². The minimum absolute atomic E-state index is 0.129. The van der Waals surface area contributed by atoms with Crippen LogP contribution in [0.3, 0.4) is 0 Å². The van der Waals surface area contributed by atoms with Crippen molar-refractivity contribution in [2.24, 2.45) is 41.4 Å². The number of rotatable bonds is 5. The van der Waals surface area contributed by atoms with Gasteiger partial charge in [0.15, 0.2) is 0 Å². The van der Waals surface area contributed by atoms with E-state index < -0.39 is 30.3 Å². The Bertz CT molecular complexity index is 455. The molecule has 0 spiro atoms. The zero-order valence-electron chi connectivity index (χ0n) is 15.1. The Morgan fingerprint density at radius 3 is 1.84 bits per heavy atom. The Hall–Kier alpha value is -0.460. The monoisotopic (exact) mass is 374 g/mol. The van der Waals surface area contributed by atoms with Crippen LogP contribution in [0.25, 0.3) is 0 Å². The van der Waals surface area contributed by atoms with Gasteiger partial charge in [-0.05, 0) is 60.7 Å². The lowest BCUT2D eigenvalue weighted by atomic mass is 9.63. The first kappa shape index (κ1) is 20.8. The van der Waals surface area contributed by atoms with Crippen molar-refractivity contribution in [3.8, 4) is 0 Å². The lowest BCUT2D eigenvalue weighted by molar-refractivity contribution is -0.373. The zero-order valence-corrected chi connectivity index (χ0v) is 15.1. The molecule has 2 aliphatic carbocycles. The highest BCUT2D eigenvalue weighted by molar-refractivity contribution is 5.06. The van der Waals surface area contributed by atoms with Crippen LogP contribution < -0.4 is 0 Å². The van der Waals surface area contributed by atoms with Gasteiger partial charge in [0.25, 0.3) is 5.60 Å². The molecule has 1 nitrogen and oxygen atoms in total. The summed E-state index contributed by atoms with van der Waals surface area (Å²) < 4.78 is 78.2. The molecule has 2 saturated carbocycles. The summed E-state index contributed by atoms with van der Waals surface area (Å²) in [6.07, 6.45) is -10.7. The average molecular weight is 374 g/mol. The fourth-order valence-electron chi connectivity index (χ4n) is 5.65. The van der Waals surface area contributed by atoms with Gasteiger partial charge < -0.3 is 5.11 Å². The van der Waals surface area contributed by atoms with Crippen LogP contribution in [0.1, 0.15) is 53.4 Å². The van der Waals surface area contributed by atoms with E-state index in [1.54, 1.807) is 0 Å². The van der Waals surface area contributed by atoms with Crippen LogP contribution in [-0.4, -0.2) is 23.1 Å². The number of alkyl halides is 6. The summed E-state index contributed by atoms with van der Waals surface area (Å²) in [7, 11) is 0. The van der Waals surface area contributed by atoms with E-state index in [-0.39, 0.29) is 23.7 Å². The summed E-state index contributed by atoms with van der Waals surface area (Å²) in [6.45, 7) is 8.18. The minimum Gasteiger partial charge on any atom is -0.374 e. The summed E-state index contributed by atoms with van der Waals surface area (Å²) in [5.74, 6) is 0.379. The standard InChI is InChI=1S/C18H28F6O/c1-5-10(4)15-11-6-12(13(7-11)14(15)9(2)3)8-16(25,17(19,20)21)18(22,23)24/h9-15,25H,5-8H2,1-4H3. The molecule has 7 heteroatoms. The maximum absolute atomic E-state index is 13.0. The van der Waals surface area contributed by atoms with E-state index in [1.165, 1.54) is 0 Å².